The zero-order chi connectivity index (χ0) is 18.9. The molecule has 2 aromatic carbocycles. The maximum absolute atomic E-state index is 6.35. The zero-order valence-electron chi connectivity index (χ0n) is 17.6. The number of hydrogen-bond acceptors (Lipinski definition) is 1. The first-order chi connectivity index (χ1) is 12.3. The molecular weight excluding hydrogens is 614 g/mol. The van der Waals surface area contributed by atoms with Gasteiger partial charge in [0.05, 0.1) is 0 Å². The van der Waals surface area contributed by atoms with Crippen LogP contribution in [0.25, 0.3) is 17.2 Å². The minimum absolute atomic E-state index is 0. The molecule has 150 valence electrons. The third-order valence-corrected chi connectivity index (χ3v) is 21.0. The van der Waals surface area contributed by atoms with Crippen LogP contribution < -0.4 is 24.8 Å². The molecule has 2 aromatic rings. The van der Waals surface area contributed by atoms with Crippen LogP contribution >= 0.6 is 0 Å². The van der Waals surface area contributed by atoms with E-state index in [2.05, 4.69) is 87.7 Å². The average molecular weight is 644 g/mol. The summed E-state index contributed by atoms with van der Waals surface area (Å²) in [5.74, 6) is 4.69. The molecule has 0 fully saturated rings. The summed E-state index contributed by atoms with van der Waals surface area (Å²) in [5.41, 5.74) is 8.89. The van der Waals surface area contributed by atoms with Crippen molar-refractivity contribution in [1.82, 2.24) is 0 Å². The molecule has 1 aliphatic carbocycles. The number of halogens is 2. The van der Waals surface area contributed by atoms with Crippen molar-refractivity contribution in [1.29, 1.82) is 0 Å². The first kappa shape index (κ1) is 26.2. The summed E-state index contributed by atoms with van der Waals surface area (Å²) >= 11 is -2.45. The Hall–Kier alpha value is 0.133. The van der Waals surface area contributed by atoms with E-state index in [1.807, 2.05) is 0 Å². The van der Waals surface area contributed by atoms with Crippen LogP contribution in [0.1, 0.15) is 54.5 Å². The number of allylic oxidation sites excluding steroid dienone is 1. The van der Waals surface area contributed by atoms with Gasteiger partial charge in [-0.05, 0) is 0 Å². The van der Waals surface area contributed by atoms with E-state index in [1.54, 1.807) is 5.57 Å². The van der Waals surface area contributed by atoms with Gasteiger partial charge in [0.25, 0.3) is 0 Å². The Balaban J connectivity index is 0.00000196. The predicted octanol–water partition coefficient (Wildman–Crippen LogP) is 0.505. The average Bonchev–Trinajstić information content (AvgIpc) is 2.97. The van der Waals surface area contributed by atoms with Gasteiger partial charge < -0.3 is 24.8 Å². The molecule has 1 aliphatic rings. The Morgan fingerprint density at radius 1 is 1.00 bits per heavy atom. The van der Waals surface area contributed by atoms with E-state index in [0.29, 0.717) is 3.67 Å². The molecule has 3 rings (SSSR count). The molecule has 0 aliphatic heterocycles. The van der Waals surface area contributed by atoms with Gasteiger partial charge >= 0.3 is 177 Å². The van der Waals surface area contributed by atoms with E-state index in [9.17, 15) is 0 Å². The summed E-state index contributed by atoms with van der Waals surface area (Å²) in [7, 11) is 0. The van der Waals surface area contributed by atoms with Crippen LogP contribution in [0.5, 0.6) is 0 Å². The maximum atomic E-state index is 6.35. The third-order valence-electron chi connectivity index (χ3n) is 5.04. The molecule has 1 unspecified atom stereocenters. The first-order valence-corrected chi connectivity index (χ1v) is 19.0. The normalized spacial score (nSPS) is 15.2. The van der Waals surface area contributed by atoms with Gasteiger partial charge in [0.2, 0.25) is 0 Å². The van der Waals surface area contributed by atoms with Crippen molar-refractivity contribution < 1.29 is 50.0 Å². The van der Waals surface area contributed by atoms with Gasteiger partial charge in [-0.3, -0.25) is 0 Å². The summed E-state index contributed by atoms with van der Waals surface area (Å²) in [6, 6.07) is 16.0. The smallest absolute Gasteiger partial charge is 1.00 e. The quantitative estimate of drug-likeness (QED) is 0.432. The fourth-order valence-electron chi connectivity index (χ4n) is 3.52. The number of rotatable bonds is 5. The second-order valence-electron chi connectivity index (χ2n) is 8.43. The second kappa shape index (κ2) is 11.0. The van der Waals surface area contributed by atoms with Gasteiger partial charge in [-0.15, -0.1) is 0 Å². The van der Waals surface area contributed by atoms with E-state index in [-0.39, 0.29) is 30.2 Å². The summed E-state index contributed by atoms with van der Waals surface area (Å²) in [5, 5.41) is 0. The Morgan fingerprint density at radius 2 is 1.64 bits per heavy atom. The summed E-state index contributed by atoms with van der Waals surface area (Å²) in [6.45, 7) is 9.11. The summed E-state index contributed by atoms with van der Waals surface area (Å²) in [4.78, 5) is 0. The molecule has 0 saturated heterocycles. The van der Waals surface area contributed by atoms with Gasteiger partial charge in [-0.2, -0.15) is 0 Å². The molecule has 0 aromatic heterocycles. The molecule has 0 N–H and O–H groups in total. The van der Waals surface area contributed by atoms with Crippen LogP contribution in [0.3, 0.4) is 0 Å². The minimum Gasteiger partial charge on any atom is -1.00 e. The number of hydrogen-bond donors (Lipinski definition) is 0. The Labute approximate surface area is 200 Å². The molecule has 0 saturated carbocycles. The van der Waals surface area contributed by atoms with Gasteiger partial charge in [0.15, 0.2) is 0 Å². The van der Waals surface area contributed by atoms with Crippen molar-refractivity contribution in [2.24, 2.45) is 0 Å². The van der Waals surface area contributed by atoms with Crippen LogP contribution in [0.2, 0.25) is 11.5 Å². The van der Waals surface area contributed by atoms with E-state index in [1.165, 1.54) is 27.8 Å². The standard InChI is InChI=1S/C21H23.C2H7GeO.2ClH.Hf/c1-5-15-13-17-7-6-8-19(20(17)14-15)16-9-11-18(12-10-16)21(2,3)4;1-3(2)4;;;/h6-14H,5H2,1-4H3;3H,1-2H3;2*1H;/q;-1;;;+3/p-2. The molecule has 0 amide bonds. The maximum Gasteiger partial charge on any atom is -1.00 e. The molecular formula is C23H30Cl2GeHfO. The van der Waals surface area contributed by atoms with Crippen molar-refractivity contribution in [3.05, 3.63) is 64.7 Å². The molecule has 0 heterocycles. The Bertz CT molecular complexity index is 810. The van der Waals surface area contributed by atoms with E-state index >= 15 is 0 Å². The molecule has 0 bridgehead atoms. The van der Waals surface area contributed by atoms with Gasteiger partial charge in [0, 0.05) is 0 Å². The van der Waals surface area contributed by atoms with Crippen molar-refractivity contribution in [2.75, 3.05) is 0 Å². The monoisotopic (exact) mass is 646 g/mol. The molecule has 1 nitrogen and oxygen atoms in total. The van der Waals surface area contributed by atoms with Crippen LogP contribution in [0.4, 0.5) is 0 Å². The van der Waals surface area contributed by atoms with Crippen LogP contribution in [-0.4, -0.2) is 14.7 Å². The summed E-state index contributed by atoms with van der Waals surface area (Å²) in [6.07, 6.45) is 3.61. The van der Waals surface area contributed by atoms with Crippen molar-refractivity contribution >= 4 is 20.8 Å². The molecule has 5 heteroatoms. The van der Waals surface area contributed by atoms with Crippen molar-refractivity contribution in [3.63, 3.8) is 0 Å². The Kier molecular flexibility index (Phi) is 10.2. The third kappa shape index (κ3) is 5.85. The largest absolute Gasteiger partial charge is 1.00 e. The fourth-order valence-corrected chi connectivity index (χ4v) is 14.9. The van der Waals surface area contributed by atoms with Crippen molar-refractivity contribution in [2.45, 2.75) is 54.7 Å². The fraction of sp³-hybridized carbons (Fsp3) is 0.391. The second-order valence-corrected chi connectivity index (χ2v) is 20.6. The number of fused-ring (bicyclic) bond motifs is 1. The zero-order valence-corrected chi connectivity index (χ0v) is 25.2. The van der Waals surface area contributed by atoms with E-state index in [4.69, 9.17) is 1.88 Å². The molecule has 0 radical (unpaired) electrons. The van der Waals surface area contributed by atoms with E-state index in [0.717, 1.165) is 6.42 Å². The van der Waals surface area contributed by atoms with Crippen molar-refractivity contribution in [3.8, 4) is 11.1 Å². The van der Waals surface area contributed by atoms with Crippen LogP contribution in [0.15, 0.2) is 48.0 Å². The van der Waals surface area contributed by atoms with Crippen LogP contribution in [-0.2, 0) is 30.6 Å². The molecule has 1 atom stereocenters. The van der Waals surface area contributed by atoms with Crippen LogP contribution in [0, 0.1) is 0 Å². The Morgan fingerprint density at radius 3 is 2.18 bits per heavy atom. The SMILES string of the molecule is CCC1=Cc2c(-c3ccc(C(C)(C)C)cc3)cccc2[CH]1[Hf+2][O][GeH]([CH3])[CH3].[Cl-].[Cl-]. The number of benzene rings is 2. The molecule has 28 heavy (non-hydrogen) atoms. The van der Waals surface area contributed by atoms with E-state index < -0.39 is 38.0 Å². The summed E-state index contributed by atoms with van der Waals surface area (Å²) < 4.78 is 6.99. The topological polar surface area (TPSA) is 9.23 Å². The first-order valence-electron chi connectivity index (χ1n) is 9.66. The molecule has 0 spiro atoms. The minimum atomic E-state index is -1.36. The van der Waals surface area contributed by atoms with Gasteiger partial charge in [0.1, 0.15) is 0 Å². The predicted molar refractivity (Wildman–Crippen MR) is 112 cm³/mol. The van der Waals surface area contributed by atoms with Gasteiger partial charge in [-0.25, -0.2) is 0 Å². The van der Waals surface area contributed by atoms with Gasteiger partial charge in [-0.1, -0.05) is 0 Å².